The molecule has 1 N–H and O–H groups in total. The van der Waals surface area contributed by atoms with Crippen LogP contribution in [0.1, 0.15) is 18.1 Å². The van der Waals surface area contributed by atoms with Crippen molar-refractivity contribution in [2.24, 2.45) is 0 Å². The van der Waals surface area contributed by atoms with E-state index in [2.05, 4.69) is 0 Å². The highest BCUT2D eigenvalue weighted by atomic mass is 32.2. The molecule has 0 saturated carbocycles. The Balaban J connectivity index is 2.12. The van der Waals surface area contributed by atoms with Crippen LogP contribution >= 0.6 is 0 Å². The van der Waals surface area contributed by atoms with Crippen molar-refractivity contribution >= 4 is 27.8 Å². The maximum Gasteiger partial charge on any atom is 0.328 e. The number of methoxy groups -OCH3 is 1. The number of nitrogens with zero attached hydrogens (tertiary/aromatic N) is 1. The van der Waals surface area contributed by atoms with Gasteiger partial charge in [0.15, 0.2) is 0 Å². The van der Waals surface area contributed by atoms with Crippen LogP contribution in [0, 0.1) is 0 Å². The van der Waals surface area contributed by atoms with Crippen molar-refractivity contribution in [3.63, 3.8) is 0 Å². The van der Waals surface area contributed by atoms with E-state index in [1.165, 1.54) is 29.6 Å². The van der Waals surface area contributed by atoms with Crippen LogP contribution in [0.5, 0.6) is 5.75 Å². The minimum absolute atomic E-state index is 0.0103. The molecule has 2 aromatic rings. The lowest BCUT2D eigenvalue weighted by Crippen LogP contribution is -2.36. The molecule has 0 amide bonds. The number of carboxylic acids is 1. The highest BCUT2D eigenvalue weighted by molar-refractivity contribution is 7.93. The van der Waals surface area contributed by atoms with Crippen LogP contribution in [0.3, 0.4) is 0 Å². The molecule has 0 fully saturated rings. The van der Waals surface area contributed by atoms with E-state index >= 15 is 0 Å². The number of ether oxygens (including phenoxy) is 1. The Bertz CT molecular complexity index is 981. The van der Waals surface area contributed by atoms with Gasteiger partial charge in [0.2, 0.25) is 0 Å². The molecule has 2 aromatic carbocycles. The molecule has 1 atom stereocenters. The first kappa shape index (κ1) is 18.0. The Hall–Kier alpha value is -2.80. The zero-order valence-corrected chi connectivity index (χ0v) is 15.2. The highest BCUT2D eigenvalue weighted by Crippen LogP contribution is 2.39. The number of anilines is 1. The summed E-state index contributed by atoms with van der Waals surface area (Å²) < 4.78 is 33.4. The lowest BCUT2D eigenvalue weighted by molar-refractivity contribution is -0.131. The van der Waals surface area contributed by atoms with Crippen LogP contribution in [0.15, 0.2) is 53.4 Å². The molecule has 6 nitrogen and oxygen atoms in total. The van der Waals surface area contributed by atoms with E-state index in [-0.39, 0.29) is 16.7 Å². The summed E-state index contributed by atoms with van der Waals surface area (Å²) in [5.41, 5.74) is 2.10. The first-order chi connectivity index (χ1) is 12.3. The number of benzene rings is 2. The fourth-order valence-electron chi connectivity index (χ4n) is 3.18. The van der Waals surface area contributed by atoms with Gasteiger partial charge in [-0.15, -0.1) is 0 Å². The van der Waals surface area contributed by atoms with Gasteiger partial charge >= 0.3 is 5.97 Å². The van der Waals surface area contributed by atoms with Gasteiger partial charge in [0.1, 0.15) is 10.6 Å². The molecule has 0 spiro atoms. The first-order valence-corrected chi connectivity index (χ1v) is 9.50. The SMILES string of the molecule is COc1ccc(/C=C/C(=O)O)cc1S(=O)(=O)N1c2ccccc2C[C@H]1C. The van der Waals surface area contributed by atoms with E-state index < -0.39 is 16.0 Å². The molecular formula is C19H19NO5S. The lowest BCUT2D eigenvalue weighted by atomic mass is 10.1. The number of aliphatic carboxylic acids is 1. The molecule has 0 aliphatic carbocycles. The van der Waals surface area contributed by atoms with E-state index in [0.29, 0.717) is 17.7 Å². The summed E-state index contributed by atoms with van der Waals surface area (Å²) in [7, 11) is -2.47. The Morgan fingerprint density at radius 3 is 2.69 bits per heavy atom. The minimum Gasteiger partial charge on any atom is -0.495 e. The van der Waals surface area contributed by atoms with Crippen LogP contribution in [-0.2, 0) is 21.2 Å². The van der Waals surface area contributed by atoms with Crippen molar-refractivity contribution < 1.29 is 23.1 Å². The Kier molecular flexibility index (Phi) is 4.73. The zero-order chi connectivity index (χ0) is 18.9. The van der Waals surface area contributed by atoms with Gasteiger partial charge in [-0.05, 0) is 48.7 Å². The number of rotatable bonds is 5. The van der Waals surface area contributed by atoms with E-state index in [1.54, 1.807) is 12.1 Å². The van der Waals surface area contributed by atoms with Crippen LogP contribution in [0.4, 0.5) is 5.69 Å². The van der Waals surface area contributed by atoms with Crippen molar-refractivity contribution in [1.29, 1.82) is 0 Å². The molecule has 136 valence electrons. The Morgan fingerprint density at radius 1 is 1.27 bits per heavy atom. The first-order valence-electron chi connectivity index (χ1n) is 8.06. The van der Waals surface area contributed by atoms with E-state index in [1.807, 2.05) is 25.1 Å². The number of carboxylic acid groups (broad SMARTS) is 1. The fourth-order valence-corrected chi connectivity index (χ4v) is 5.06. The zero-order valence-electron chi connectivity index (χ0n) is 14.4. The number of carbonyl (C=O) groups is 1. The summed E-state index contributed by atoms with van der Waals surface area (Å²) in [6, 6.07) is 11.8. The quantitative estimate of drug-likeness (QED) is 0.815. The summed E-state index contributed by atoms with van der Waals surface area (Å²) >= 11 is 0. The second-order valence-electron chi connectivity index (χ2n) is 6.06. The normalized spacial score (nSPS) is 16.7. The number of para-hydroxylation sites is 1. The second-order valence-corrected chi connectivity index (χ2v) is 7.85. The standard InChI is InChI=1S/C19H19NO5S/c1-13-11-15-5-3-4-6-16(15)20(13)26(23,24)18-12-14(8-10-19(21)22)7-9-17(18)25-2/h3-10,12-13H,11H2,1-2H3,(H,21,22)/b10-8+/t13-/m1/s1. The molecule has 0 aromatic heterocycles. The topological polar surface area (TPSA) is 83.9 Å². The van der Waals surface area contributed by atoms with Crippen molar-refractivity contribution in [2.45, 2.75) is 24.3 Å². The van der Waals surface area contributed by atoms with E-state index in [4.69, 9.17) is 9.84 Å². The molecule has 1 aliphatic rings. The summed E-state index contributed by atoms with van der Waals surface area (Å²) in [4.78, 5) is 10.7. The predicted molar refractivity (Wildman–Crippen MR) is 98.9 cm³/mol. The third-order valence-electron chi connectivity index (χ3n) is 4.29. The molecule has 0 unspecified atom stereocenters. The monoisotopic (exact) mass is 373 g/mol. The molecule has 7 heteroatoms. The van der Waals surface area contributed by atoms with Gasteiger partial charge < -0.3 is 9.84 Å². The Morgan fingerprint density at radius 2 is 2.00 bits per heavy atom. The molecule has 0 saturated heterocycles. The molecular weight excluding hydrogens is 354 g/mol. The fraction of sp³-hybridized carbons (Fsp3) is 0.211. The van der Waals surface area contributed by atoms with Crippen molar-refractivity contribution in [3.05, 3.63) is 59.7 Å². The number of hydrogen-bond donors (Lipinski definition) is 1. The van der Waals surface area contributed by atoms with Gasteiger partial charge in [-0.1, -0.05) is 24.3 Å². The summed E-state index contributed by atoms with van der Waals surface area (Å²) in [6.45, 7) is 1.86. The van der Waals surface area contributed by atoms with Crippen LogP contribution in [0.2, 0.25) is 0 Å². The molecule has 1 heterocycles. The maximum absolute atomic E-state index is 13.4. The number of hydrogen-bond acceptors (Lipinski definition) is 4. The number of fused-ring (bicyclic) bond motifs is 1. The molecule has 1 aliphatic heterocycles. The van der Waals surface area contributed by atoms with Crippen molar-refractivity contribution in [1.82, 2.24) is 0 Å². The van der Waals surface area contributed by atoms with Gasteiger partial charge in [-0.3, -0.25) is 4.31 Å². The summed E-state index contributed by atoms with van der Waals surface area (Å²) in [5.74, 6) is -0.888. The predicted octanol–water partition coefficient (Wildman–Crippen LogP) is 2.93. The molecule has 0 radical (unpaired) electrons. The minimum atomic E-state index is -3.88. The average Bonchev–Trinajstić information content (AvgIpc) is 2.96. The van der Waals surface area contributed by atoms with Crippen LogP contribution < -0.4 is 9.04 Å². The molecule has 0 bridgehead atoms. The third kappa shape index (κ3) is 3.17. The van der Waals surface area contributed by atoms with Crippen molar-refractivity contribution in [3.8, 4) is 5.75 Å². The van der Waals surface area contributed by atoms with Crippen LogP contribution in [0.25, 0.3) is 6.08 Å². The largest absolute Gasteiger partial charge is 0.495 e. The third-order valence-corrected chi connectivity index (χ3v) is 6.24. The summed E-state index contributed by atoms with van der Waals surface area (Å²) in [5, 5.41) is 8.78. The van der Waals surface area contributed by atoms with Gasteiger partial charge in [0.25, 0.3) is 10.0 Å². The number of sulfonamides is 1. The lowest BCUT2D eigenvalue weighted by Gasteiger charge is -2.25. The maximum atomic E-state index is 13.4. The smallest absolute Gasteiger partial charge is 0.328 e. The summed E-state index contributed by atoms with van der Waals surface area (Å²) in [6.07, 6.45) is 2.95. The van der Waals surface area contributed by atoms with Gasteiger partial charge in [0, 0.05) is 12.1 Å². The molecule has 3 rings (SSSR count). The van der Waals surface area contributed by atoms with E-state index in [0.717, 1.165) is 11.6 Å². The van der Waals surface area contributed by atoms with Crippen molar-refractivity contribution in [2.75, 3.05) is 11.4 Å². The van der Waals surface area contributed by atoms with Gasteiger partial charge in [-0.2, -0.15) is 0 Å². The van der Waals surface area contributed by atoms with E-state index in [9.17, 15) is 13.2 Å². The average molecular weight is 373 g/mol. The van der Waals surface area contributed by atoms with Crippen LogP contribution in [-0.4, -0.2) is 32.6 Å². The van der Waals surface area contributed by atoms with Gasteiger partial charge in [-0.25, -0.2) is 13.2 Å². The highest BCUT2D eigenvalue weighted by Gasteiger charge is 2.37. The van der Waals surface area contributed by atoms with Gasteiger partial charge in [0.05, 0.1) is 12.8 Å². The Labute approximate surface area is 152 Å². The molecule has 26 heavy (non-hydrogen) atoms. The second kappa shape index (κ2) is 6.84.